The Morgan fingerprint density at radius 1 is 0.784 bits per heavy atom. The van der Waals surface area contributed by atoms with Crippen LogP contribution in [-0.2, 0) is 22.9 Å². The number of benzene rings is 2. The Balaban J connectivity index is 0.000000179. The Morgan fingerprint density at radius 3 is 1.76 bits per heavy atom. The summed E-state index contributed by atoms with van der Waals surface area (Å²) < 4.78 is 23.2. The Morgan fingerprint density at radius 2 is 1.27 bits per heavy atom. The van der Waals surface area contributed by atoms with Crippen molar-refractivity contribution in [2.75, 3.05) is 51.9 Å². The van der Waals surface area contributed by atoms with Crippen molar-refractivity contribution in [3.63, 3.8) is 0 Å². The molecule has 0 bridgehead atoms. The van der Waals surface area contributed by atoms with Gasteiger partial charge in [0.05, 0.1) is 46.7 Å². The minimum atomic E-state index is -3.54. The Labute approximate surface area is 306 Å². The number of nitrogens with zero attached hydrogens (tertiary/aromatic N) is 8. The molecule has 268 valence electrons. The van der Waals surface area contributed by atoms with Gasteiger partial charge in [0.25, 0.3) is 0 Å². The number of rotatable bonds is 6. The van der Waals surface area contributed by atoms with Crippen LogP contribution in [0.3, 0.4) is 0 Å². The smallest absolute Gasteiger partial charge is 0.330 e. The van der Waals surface area contributed by atoms with E-state index < -0.39 is 9.84 Å². The summed E-state index contributed by atoms with van der Waals surface area (Å²) in [6.45, 7) is 0.614. The van der Waals surface area contributed by atoms with Gasteiger partial charge in [-0.2, -0.15) is 4.98 Å². The van der Waals surface area contributed by atoms with Crippen LogP contribution in [0.4, 0.5) is 38.5 Å². The number of carbonyl (C=O) groups excluding carboxylic acids is 2. The molecule has 1 aliphatic carbocycles. The van der Waals surface area contributed by atoms with Crippen molar-refractivity contribution in [2.45, 2.75) is 55.9 Å². The van der Waals surface area contributed by atoms with Gasteiger partial charge in [-0.1, -0.05) is 66.7 Å². The zero-order chi connectivity index (χ0) is 36.5. The van der Waals surface area contributed by atoms with Crippen LogP contribution in [0.2, 0.25) is 10.0 Å². The molecule has 4 heterocycles. The van der Waals surface area contributed by atoms with Crippen LogP contribution in [-0.4, -0.2) is 78.0 Å². The predicted octanol–water partition coefficient (Wildman–Crippen LogP) is 5.92. The fraction of sp³-hybridized carbons (Fsp3) is 0.353. The van der Waals surface area contributed by atoms with Gasteiger partial charge in [-0.05, 0) is 37.1 Å². The molecule has 0 radical (unpaired) electrons. The molecule has 0 atom stereocenters. The summed E-state index contributed by atoms with van der Waals surface area (Å²) in [6, 6.07) is 13.7. The molecule has 2 N–H and O–H groups in total. The van der Waals surface area contributed by atoms with Gasteiger partial charge < -0.3 is 10.4 Å². The molecule has 2 aromatic carbocycles. The van der Waals surface area contributed by atoms with Crippen LogP contribution in [0, 0.1) is 0 Å². The van der Waals surface area contributed by atoms with Crippen molar-refractivity contribution in [3.05, 3.63) is 82.1 Å². The van der Waals surface area contributed by atoms with E-state index in [1.807, 2.05) is 18.2 Å². The highest BCUT2D eigenvalue weighted by atomic mass is 35.5. The molecule has 0 saturated heterocycles. The van der Waals surface area contributed by atoms with E-state index in [0.29, 0.717) is 45.3 Å². The number of para-hydroxylation sites is 2. The van der Waals surface area contributed by atoms with Gasteiger partial charge in [0.1, 0.15) is 11.6 Å². The molecule has 7 rings (SSSR count). The molecule has 1 fully saturated rings. The summed E-state index contributed by atoms with van der Waals surface area (Å²) in [5.41, 5.74) is 2.33. The van der Waals surface area contributed by atoms with Crippen LogP contribution < -0.4 is 24.9 Å². The number of anilines is 5. The standard InChI is InChI=1S/C20H24ClN5O2.C14H13ClN4O3S/c1-25-17-14(12-26(19(25)28)16-8-4-3-7-15(16)21)11-22-18(23-17)24-20(13-27)9-5-2-6-10-20;1-18-12-9(7-16-13(17-12)23(2,21)22)8-19(14(18)20)11-6-4-3-5-10(11)15/h3-4,7-8,11,27H,2,5-6,9-10,12-13H2,1H3,(H,22,23,24);3-7H,8H2,1-2H3. The number of halogens is 2. The second-order valence-electron chi connectivity index (χ2n) is 12.7. The second kappa shape index (κ2) is 14.6. The van der Waals surface area contributed by atoms with Crippen molar-refractivity contribution < 1.29 is 23.1 Å². The molecular weight excluding hydrogens is 717 g/mol. The first-order valence-electron chi connectivity index (χ1n) is 16.2. The average Bonchev–Trinajstić information content (AvgIpc) is 3.12. The van der Waals surface area contributed by atoms with E-state index in [2.05, 4.69) is 25.3 Å². The summed E-state index contributed by atoms with van der Waals surface area (Å²) in [5, 5.41) is 13.9. The molecule has 4 aromatic rings. The monoisotopic (exact) mass is 753 g/mol. The third-order valence-electron chi connectivity index (χ3n) is 9.10. The van der Waals surface area contributed by atoms with E-state index in [1.165, 1.54) is 34.4 Å². The van der Waals surface area contributed by atoms with E-state index in [9.17, 15) is 23.1 Å². The number of hydrogen-bond acceptors (Lipinski definition) is 10. The second-order valence-corrected chi connectivity index (χ2v) is 15.4. The summed E-state index contributed by atoms with van der Waals surface area (Å²) in [4.78, 5) is 48.4. The third-order valence-corrected chi connectivity index (χ3v) is 10.6. The van der Waals surface area contributed by atoms with E-state index >= 15 is 0 Å². The van der Waals surface area contributed by atoms with Gasteiger partial charge in [-0.25, -0.2) is 33.0 Å². The highest BCUT2D eigenvalue weighted by Gasteiger charge is 2.35. The first kappa shape index (κ1) is 36.2. The quantitative estimate of drug-likeness (QED) is 0.226. The highest BCUT2D eigenvalue weighted by molar-refractivity contribution is 7.90. The zero-order valence-electron chi connectivity index (χ0n) is 28.3. The highest BCUT2D eigenvalue weighted by Crippen LogP contribution is 2.36. The summed E-state index contributed by atoms with van der Waals surface area (Å²) in [6.07, 6.45) is 9.29. The van der Waals surface area contributed by atoms with Crippen molar-refractivity contribution in [2.24, 2.45) is 0 Å². The number of aliphatic hydroxyl groups is 1. The normalized spacial score (nSPS) is 17.0. The fourth-order valence-corrected chi connectivity index (χ4v) is 7.32. The summed E-state index contributed by atoms with van der Waals surface area (Å²) in [7, 11) is -0.316. The van der Waals surface area contributed by atoms with E-state index in [4.69, 9.17) is 23.2 Å². The fourth-order valence-electron chi connectivity index (χ4n) is 6.35. The topological polar surface area (TPSA) is 165 Å². The van der Waals surface area contributed by atoms with Crippen LogP contribution in [0.15, 0.2) is 66.1 Å². The Bertz CT molecular complexity index is 2080. The number of fused-ring (bicyclic) bond motifs is 2. The predicted molar refractivity (Wildman–Crippen MR) is 197 cm³/mol. The van der Waals surface area contributed by atoms with Gasteiger partial charge in [0, 0.05) is 43.9 Å². The first-order valence-corrected chi connectivity index (χ1v) is 18.9. The van der Waals surface area contributed by atoms with Crippen LogP contribution in [0.25, 0.3) is 0 Å². The summed E-state index contributed by atoms with van der Waals surface area (Å²) in [5.74, 6) is 1.31. The van der Waals surface area contributed by atoms with Crippen molar-refractivity contribution >= 4 is 74.1 Å². The molecule has 4 amide bonds. The molecule has 51 heavy (non-hydrogen) atoms. The molecular formula is C34H37Cl2N9O5S. The van der Waals surface area contributed by atoms with Gasteiger partial charge in [-0.3, -0.25) is 19.6 Å². The minimum Gasteiger partial charge on any atom is -0.394 e. The van der Waals surface area contributed by atoms with E-state index in [0.717, 1.165) is 37.5 Å². The van der Waals surface area contributed by atoms with Crippen molar-refractivity contribution in [3.8, 4) is 0 Å². The molecule has 1 saturated carbocycles. The lowest BCUT2D eigenvalue weighted by Crippen LogP contribution is -2.47. The number of aromatic nitrogens is 4. The average molecular weight is 755 g/mol. The van der Waals surface area contributed by atoms with E-state index in [1.54, 1.807) is 48.5 Å². The van der Waals surface area contributed by atoms with Gasteiger partial charge in [0.2, 0.25) is 20.9 Å². The zero-order valence-corrected chi connectivity index (χ0v) is 30.6. The van der Waals surface area contributed by atoms with Gasteiger partial charge >= 0.3 is 12.1 Å². The molecule has 2 aliphatic heterocycles. The molecule has 3 aliphatic rings. The molecule has 2 aromatic heterocycles. The lowest BCUT2D eigenvalue weighted by atomic mass is 9.82. The number of carbonyl (C=O) groups is 2. The number of aliphatic hydroxyl groups excluding tert-OH is 1. The number of sulfone groups is 1. The van der Waals surface area contributed by atoms with Crippen LogP contribution in [0.1, 0.15) is 43.2 Å². The molecule has 0 spiro atoms. The maximum Gasteiger partial charge on any atom is 0.330 e. The molecule has 17 heteroatoms. The maximum absolute atomic E-state index is 12.9. The third kappa shape index (κ3) is 7.42. The van der Waals surface area contributed by atoms with Crippen molar-refractivity contribution in [1.82, 2.24) is 19.9 Å². The molecule has 0 unspecified atom stereocenters. The lowest BCUT2D eigenvalue weighted by Gasteiger charge is -2.37. The van der Waals surface area contributed by atoms with Gasteiger partial charge in [-0.15, -0.1) is 0 Å². The first-order chi connectivity index (χ1) is 24.3. The SMILES string of the molecule is CN1C(=O)N(c2ccccc2Cl)Cc2cnc(NC3(CO)CCCCC3)nc21.CN1C(=O)N(c2ccccc2Cl)Cc2cnc(S(C)(=O)=O)nc21. The largest absolute Gasteiger partial charge is 0.394 e. The number of urea groups is 2. The Kier molecular flexibility index (Phi) is 10.4. The number of nitrogens with one attached hydrogen (secondary N) is 1. The van der Waals surface area contributed by atoms with Gasteiger partial charge in [0.15, 0.2) is 0 Å². The van der Waals surface area contributed by atoms with Crippen LogP contribution in [0.5, 0.6) is 0 Å². The molecule has 14 nitrogen and oxygen atoms in total. The maximum atomic E-state index is 12.9. The van der Waals surface area contributed by atoms with E-state index in [-0.39, 0.29) is 41.7 Å². The Hall–Kier alpha value is -4.57. The number of amides is 4. The number of hydrogen-bond donors (Lipinski definition) is 2. The lowest BCUT2D eigenvalue weighted by molar-refractivity contribution is 0.172. The summed E-state index contributed by atoms with van der Waals surface area (Å²) >= 11 is 12.4. The van der Waals surface area contributed by atoms with Crippen LogP contribution >= 0.6 is 23.2 Å². The van der Waals surface area contributed by atoms with Crippen molar-refractivity contribution in [1.29, 1.82) is 0 Å². The minimum absolute atomic E-state index is 0.0441.